The van der Waals surface area contributed by atoms with Gasteiger partial charge >= 0.3 is 0 Å². The molecule has 0 radical (unpaired) electrons. The van der Waals surface area contributed by atoms with Gasteiger partial charge in [-0.3, -0.25) is 4.79 Å². The fourth-order valence-electron chi connectivity index (χ4n) is 3.19. The molecular formula is C18H25ClN4O. The molecule has 0 spiro atoms. The number of imidazole rings is 1. The van der Waals surface area contributed by atoms with Crippen LogP contribution in [-0.4, -0.2) is 40.0 Å². The number of hydrogen-bond donors (Lipinski definition) is 1. The summed E-state index contributed by atoms with van der Waals surface area (Å²) in [5.74, 6) is 1.11. The zero-order chi connectivity index (χ0) is 16.4. The van der Waals surface area contributed by atoms with Gasteiger partial charge in [0.1, 0.15) is 11.9 Å². The molecule has 1 aromatic heterocycles. The Morgan fingerprint density at radius 3 is 2.88 bits per heavy atom. The summed E-state index contributed by atoms with van der Waals surface area (Å²) >= 11 is 0. The zero-order valence-electron chi connectivity index (χ0n) is 14.5. The molecule has 1 atom stereocenters. The third-order valence-corrected chi connectivity index (χ3v) is 4.57. The number of piperazine rings is 1. The Bertz CT molecular complexity index is 713. The maximum absolute atomic E-state index is 12.9. The van der Waals surface area contributed by atoms with Crippen LogP contribution in [0.2, 0.25) is 0 Å². The van der Waals surface area contributed by atoms with E-state index in [0.29, 0.717) is 6.42 Å². The number of benzene rings is 1. The van der Waals surface area contributed by atoms with Crippen molar-refractivity contribution in [3.63, 3.8) is 0 Å². The highest BCUT2D eigenvalue weighted by molar-refractivity contribution is 5.85. The second kappa shape index (κ2) is 7.81. The molecular weight excluding hydrogens is 324 g/mol. The monoisotopic (exact) mass is 348 g/mol. The number of aromatic nitrogens is 2. The van der Waals surface area contributed by atoms with Crippen molar-refractivity contribution < 1.29 is 4.79 Å². The minimum absolute atomic E-state index is 0. The lowest BCUT2D eigenvalue weighted by atomic mass is 10.0. The van der Waals surface area contributed by atoms with Crippen LogP contribution in [-0.2, 0) is 18.3 Å². The van der Waals surface area contributed by atoms with Gasteiger partial charge in [-0.15, -0.1) is 12.4 Å². The molecule has 5 nitrogen and oxygen atoms in total. The molecule has 0 aliphatic carbocycles. The molecule has 1 amide bonds. The largest absolute Gasteiger partial charge is 0.336 e. The lowest BCUT2D eigenvalue weighted by Crippen LogP contribution is -2.50. The number of nitrogens with zero attached hydrogens (tertiary/aromatic N) is 3. The smallest absolute Gasteiger partial charge is 0.227 e. The molecule has 1 aliphatic heterocycles. The van der Waals surface area contributed by atoms with Crippen molar-refractivity contribution in [3.05, 3.63) is 53.1 Å². The quantitative estimate of drug-likeness (QED) is 0.925. The average molecular weight is 349 g/mol. The van der Waals surface area contributed by atoms with Gasteiger partial charge in [0, 0.05) is 39.1 Å². The second-order valence-electron chi connectivity index (χ2n) is 6.31. The van der Waals surface area contributed by atoms with Crippen molar-refractivity contribution in [2.24, 2.45) is 7.05 Å². The Hall–Kier alpha value is -1.85. The van der Waals surface area contributed by atoms with Gasteiger partial charge in [-0.1, -0.05) is 23.8 Å². The Balaban J connectivity index is 0.00000208. The first-order valence-corrected chi connectivity index (χ1v) is 8.10. The molecule has 1 fully saturated rings. The van der Waals surface area contributed by atoms with Crippen LogP contribution in [0.4, 0.5) is 0 Å². The summed E-state index contributed by atoms with van der Waals surface area (Å²) < 4.78 is 2.00. The van der Waals surface area contributed by atoms with Gasteiger partial charge < -0.3 is 14.8 Å². The molecule has 2 aromatic rings. The number of carbonyl (C=O) groups excluding carboxylic acids is 1. The number of hydrogen-bond acceptors (Lipinski definition) is 3. The van der Waals surface area contributed by atoms with E-state index in [2.05, 4.69) is 42.3 Å². The molecule has 1 unspecified atom stereocenters. The summed E-state index contributed by atoms with van der Waals surface area (Å²) in [6.07, 6.45) is 4.17. The second-order valence-corrected chi connectivity index (χ2v) is 6.31. The minimum atomic E-state index is 0. The van der Waals surface area contributed by atoms with Gasteiger partial charge in [0.05, 0.1) is 6.42 Å². The SMILES string of the molecule is Cc1ccc(C)c(CC(=O)N2CCNCC2c2nccn2C)c1.Cl. The Kier molecular flexibility index (Phi) is 6.02. The predicted octanol–water partition coefficient (Wildman–Crippen LogP) is 2.17. The summed E-state index contributed by atoms with van der Waals surface area (Å²) in [7, 11) is 1.98. The molecule has 6 heteroatoms. The highest BCUT2D eigenvalue weighted by Crippen LogP contribution is 2.22. The summed E-state index contributed by atoms with van der Waals surface area (Å²) in [4.78, 5) is 19.3. The molecule has 3 rings (SSSR count). The fraction of sp³-hybridized carbons (Fsp3) is 0.444. The number of carbonyl (C=O) groups is 1. The standard InChI is InChI=1S/C18H24N4O.ClH/c1-13-4-5-14(2)15(10-13)11-17(23)22-9-6-19-12-16(22)18-20-7-8-21(18)3;/h4-5,7-8,10,16,19H,6,9,11-12H2,1-3H3;1H. The number of nitrogens with one attached hydrogen (secondary N) is 1. The van der Waals surface area contributed by atoms with Crippen molar-refractivity contribution in [1.29, 1.82) is 0 Å². The number of halogens is 1. The van der Waals surface area contributed by atoms with Crippen LogP contribution < -0.4 is 5.32 Å². The molecule has 1 saturated heterocycles. The van der Waals surface area contributed by atoms with Crippen LogP contribution in [0.15, 0.2) is 30.6 Å². The molecule has 0 saturated carbocycles. The van der Waals surface area contributed by atoms with E-state index < -0.39 is 0 Å². The van der Waals surface area contributed by atoms with Gasteiger partial charge in [0.15, 0.2) is 0 Å². The van der Waals surface area contributed by atoms with Gasteiger partial charge in [-0.2, -0.15) is 0 Å². The van der Waals surface area contributed by atoms with E-state index in [-0.39, 0.29) is 24.4 Å². The Morgan fingerprint density at radius 1 is 1.38 bits per heavy atom. The molecule has 0 bridgehead atoms. The van der Waals surface area contributed by atoms with Crippen LogP contribution >= 0.6 is 12.4 Å². The fourth-order valence-corrected chi connectivity index (χ4v) is 3.19. The van der Waals surface area contributed by atoms with Crippen LogP contribution in [0, 0.1) is 13.8 Å². The number of aryl methyl sites for hydroxylation is 3. The van der Waals surface area contributed by atoms with Crippen molar-refractivity contribution in [2.45, 2.75) is 26.3 Å². The normalized spacial score (nSPS) is 17.5. The maximum Gasteiger partial charge on any atom is 0.227 e. The van der Waals surface area contributed by atoms with Crippen molar-refractivity contribution in [3.8, 4) is 0 Å². The van der Waals surface area contributed by atoms with Crippen molar-refractivity contribution in [1.82, 2.24) is 19.8 Å². The summed E-state index contributed by atoms with van der Waals surface area (Å²) in [6.45, 7) is 6.44. The predicted molar refractivity (Wildman–Crippen MR) is 97.4 cm³/mol. The maximum atomic E-state index is 12.9. The topological polar surface area (TPSA) is 50.2 Å². The van der Waals surface area contributed by atoms with Gasteiger partial charge in [-0.05, 0) is 25.0 Å². The molecule has 1 aliphatic rings. The Labute approximate surface area is 149 Å². The van der Waals surface area contributed by atoms with E-state index in [1.54, 1.807) is 6.20 Å². The lowest BCUT2D eigenvalue weighted by molar-refractivity contribution is -0.134. The first-order chi connectivity index (χ1) is 11.1. The summed E-state index contributed by atoms with van der Waals surface area (Å²) in [5.41, 5.74) is 3.49. The molecule has 1 aromatic carbocycles. The van der Waals surface area contributed by atoms with E-state index in [0.717, 1.165) is 31.0 Å². The summed E-state index contributed by atoms with van der Waals surface area (Å²) in [5, 5.41) is 3.37. The van der Waals surface area contributed by atoms with E-state index in [1.165, 1.54) is 11.1 Å². The molecule has 1 N–H and O–H groups in total. The van der Waals surface area contributed by atoms with Gasteiger partial charge in [0.2, 0.25) is 5.91 Å². The Morgan fingerprint density at radius 2 is 2.17 bits per heavy atom. The minimum Gasteiger partial charge on any atom is -0.336 e. The van der Waals surface area contributed by atoms with Crippen LogP contribution in [0.5, 0.6) is 0 Å². The highest BCUT2D eigenvalue weighted by atomic mass is 35.5. The summed E-state index contributed by atoms with van der Waals surface area (Å²) in [6, 6.07) is 6.29. The molecule has 2 heterocycles. The third-order valence-electron chi connectivity index (χ3n) is 4.57. The average Bonchev–Trinajstić information content (AvgIpc) is 2.97. The number of amides is 1. The first-order valence-electron chi connectivity index (χ1n) is 8.10. The van der Waals surface area contributed by atoms with Crippen LogP contribution in [0.3, 0.4) is 0 Å². The highest BCUT2D eigenvalue weighted by Gasteiger charge is 2.30. The number of rotatable bonds is 3. The van der Waals surface area contributed by atoms with Gasteiger partial charge in [-0.25, -0.2) is 4.98 Å². The van der Waals surface area contributed by atoms with E-state index in [1.807, 2.05) is 22.7 Å². The van der Waals surface area contributed by atoms with E-state index in [9.17, 15) is 4.79 Å². The van der Waals surface area contributed by atoms with Gasteiger partial charge in [0.25, 0.3) is 0 Å². The first kappa shape index (κ1) is 18.5. The van der Waals surface area contributed by atoms with E-state index in [4.69, 9.17) is 0 Å². The van der Waals surface area contributed by atoms with Crippen molar-refractivity contribution >= 4 is 18.3 Å². The van der Waals surface area contributed by atoms with Crippen molar-refractivity contribution in [2.75, 3.05) is 19.6 Å². The van der Waals surface area contributed by atoms with Crippen LogP contribution in [0.1, 0.15) is 28.6 Å². The zero-order valence-corrected chi connectivity index (χ0v) is 15.3. The van der Waals surface area contributed by atoms with Crippen LogP contribution in [0.25, 0.3) is 0 Å². The third kappa shape index (κ3) is 3.79. The van der Waals surface area contributed by atoms with E-state index >= 15 is 0 Å². The molecule has 24 heavy (non-hydrogen) atoms. The molecule has 130 valence electrons. The lowest BCUT2D eigenvalue weighted by Gasteiger charge is -2.36.